The minimum atomic E-state index is -4.37. The van der Waals surface area contributed by atoms with Gasteiger partial charge in [0, 0.05) is 5.69 Å². The van der Waals surface area contributed by atoms with Gasteiger partial charge in [0.2, 0.25) is 0 Å². The highest BCUT2D eigenvalue weighted by atomic mass is 32.1. The summed E-state index contributed by atoms with van der Waals surface area (Å²) >= 11 is 4.65. The highest BCUT2D eigenvalue weighted by Gasteiger charge is 2.33. The lowest BCUT2D eigenvalue weighted by Crippen LogP contribution is -2.19. The number of unbranched alkanes of at least 4 members (excludes halogenated alkanes) is 5. The molecular formula is C16H23F3N2S. The summed E-state index contributed by atoms with van der Waals surface area (Å²) in [5.41, 5.74) is 5.29. The Labute approximate surface area is 135 Å². The Bertz CT molecular complexity index is 487. The number of benzene rings is 1. The normalized spacial score (nSPS) is 11.5. The Morgan fingerprint density at radius 3 is 2.36 bits per heavy atom. The third-order valence-corrected chi connectivity index (χ3v) is 3.58. The van der Waals surface area contributed by atoms with Crippen LogP contribution < -0.4 is 11.1 Å². The van der Waals surface area contributed by atoms with Crippen LogP contribution in [0.2, 0.25) is 0 Å². The van der Waals surface area contributed by atoms with Crippen molar-refractivity contribution in [3.8, 4) is 0 Å². The number of aryl methyl sites for hydroxylation is 1. The molecule has 1 rings (SSSR count). The van der Waals surface area contributed by atoms with Crippen molar-refractivity contribution in [2.75, 3.05) is 5.32 Å². The van der Waals surface area contributed by atoms with Crippen LogP contribution in [0.3, 0.4) is 0 Å². The van der Waals surface area contributed by atoms with Gasteiger partial charge in [0.1, 0.15) is 0 Å². The second-order valence-corrected chi connectivity index (χ2v) is 5.82. The zero-order valence-electron chi connectivity index (χ0n) is 12.8. The SMILES string of the molecule is CCCCCCCCc1ccc(NC(N)=S)cc1C(F)(F)F. The van der Waals surface area contributed by atoms with E-state index in [1.165, 1.54) is 12.5 Å². The molecule has 0 aliphatic heterocycles. The van der Waals surface area contributed by atoms with E-state index in [4.69, 9.17) is 5.73 Å². The van der Waals surface area contributed by atoms with Crippen LogP contribution in [0.5, 0.6) is 0 Å². The van der Waals surface area contributed by atoms with Crippen LogP contribution in [0.25, 0.3) is 0 Å². The average molecular weight is 332 g/mol. The fraction of sp³-hybridized carbons (Fsp3) is 0.562. The molecule has 0 saturated carbocycles. The van der Waals surface area contributed by atoms with Crippen LogP contribution in [0.1, 0.15) is 56.6 Å². The molecule has 6 heteroatoms. The minimum Gasteiger partial charge on any atom is -0.376 e. The molecule has 0 atom stereocenters. The summed E-state index contributed by atoms with van der Waals surface area (Å²) in [6.45, 7) is 2.14. The maximum absolute atomic E-state index is 13.1. The quantitative estimate of drug-likeness (QED) is 0.503. The zero-order chi connectivity index (χ0) is 16.6. The van der Waals surface area contributed by atoms with Gasteiger partial charge < -0.3 is 11.1 Å². The molecule has 0 saturated heterocycles. The number of rotatable bonds is 8. The molecule has 2 nitrogen and oxygen atoms in total. The molecule has 0 radical (unpaired) electrons. The van der Waals surface area contributed by atoms with Gasteiger partial charge in [-0.05, 0) is 42.8 Å². The van der Waals surface area contributed by atoms with Crippen molar-refractivity contribution >= 4 is 23.0 Å². The van der Waals surface area contributed by atoms with E-state index in [1.807, 2.05) is 0 Å². The lowest BCUT2D eigenvalue weighted by atomic mass is 9.99. The molecule has 1 aromatic rings. The number of alkyl halides is 3. The zero-order valence-corrected chi connectivity index (χ0v) is 13.6. The van der Waals surface area contributed by atoms with Crippen molar-refractivity contribution in [1.82, 2.24) is 0 Å². The van der Waals surface area contributed by atoms with Crippen LogP contribution in [-0.2, 0) is 12.6 Å². The number of nitrogens with two attached hydrogens (primary N) is 1. The van der Waals surface area contributed by atoms with E-state index >= 15 is 0 Å². The van der Waals surface area contributed by atoms with E-state index in [-0.39, 0.29) is 10.8 Å². The Balaban J connectivity index is 2.70. The molecule has 0 unspecified atom stereocenters. The van der Waals surface area contributed by atoms with E-state index in [2.05, 4.69) is 24.5 Å². The van der Waals surface area contributed by atoms with Crippen molar-refractivity contribution in [3.05, 3.63) is 29.3 Å². The average Bonchev–Trinajstić information content (AvgIpc) is 2.42. The maximum atomic E-state index is 13.1. The molecule has 124 valence electrons. The van der Waals surface area contributed by atoms with Gasteiger partial charge >= 0.3 is 6.18 Å². The predicted octanol–water partition coefficient (Wildman–Crippen LogP) is 5.26. The van der Waals surface area contributed by atoms with Gasteiger partial charge in [-0.3, -0.25) is 0 Å². The summed E-state index contributed by atoms with van der Waals surface area (Å²) < 4.78 is 39.4. The van der Waals surface area contributed by atoms with E-state index < -0.39 is 11.7 Å². The van der Waals surface area contributed by atoms with Gasteiger partial charge in [-0.15, -0.1) is 0 Å². The van der Waals surface area contributed by atoms with Gasteiger partial charge in [-0.25, -0.2) is 0 Å². The van der Waals surface area contributed by atoms with Crippen molar-refractivity contribution in [3.63, 3.8) is 0 Å². The molecule has 0 spiro atoms. The van der Waals surface area contributed by atoms with Crippen LogP contribution in [0.15, 0.2) is 18.2 Å². The minimum absolute atomic E-state index is 0.0446. The smallest absolute Gasteiger partial charge is 0.376 e. The first kappa shape index (κ1) is 18.7. The molecular weight excluding hydrogens is 309 g/mol. The van der Waals surface area contributed by atoms with Crippen LogP contribution in [0, 0.1) is 0 Å². The van der Waals surface area contributed by atoms with Gasteiger partial charge in [-0.2, -0.15) is 13.2 Å². The van der Waals surface area contributed by atoms with Gasteiger partial charge in [0.05, 0.1) is 5.56 Å². The monoisotopic (exact) mass is 332 g/mol. The fourth-order valence-electron chi connectivity index (χ4n) is 2.37. The predicted molar refractivity (Wildman–Crippen MR) is 88.9 cm³/mol. The molecule has 0 amide bonds. The number of thiocarbonyl (C=S) groups is 1. The Morgan fingerprint density at radius 2 is 1.77 bits per heavy atom. The summed E-state index contributed by atoms with van der Waals surface area (Å²) in [5, 5.41) is 2.50. The molecule has 0 bridgehead atoms. The summed E-state index contributed by atoms with van der Waals surface area (Å²) in [4.78, 5) is 0. The topological polar surface area (TPSA) is 38.0 Å². The number of anilines is 1. The lowest BCUT2D eigenvalue weighted by Gasteiger charge is -2.15. The van der Waals surface area contributed by atoms with E-state index in [0.29, 0.717) is 12.0 Å². The number of hydrogen-bond donors (Lipinski definition) is 2. The number of hydrogen-bond acceptors (Lipinski definition) is 1. The Morgan fingerprint density at radius 1 is 1.14 bits per heavy atom. The largest absolute Gasteiger partial charge is 0.416 e. The van der Waals surface area contributed by atoms with Crippen LogP contribution >= 0.6 is 12.2 Å². The van der Waals surface area contributed by atoms with E-state index in [9.17, 15) is 13.2 Å². The van der Waals surface area contributed by atoms with Crippen LogP contribution in [0.4, 0.5) is 18.9 Å². The molecule has 0 aliphatic rings. The third kappa shape index (κ3) is 6.64. The molecule has 0 aliphatic carbocycles. The summed E-state index contributed by atoms with van der Waals surface area (Å²) in [5.74, 6) is 0. The Kier molecular flexibility index (Phi) is 7.65. The molecule has 1 aromatic carbocycles. The highest BCUT2D eigenvalue weighted by molar-refractivity contribution is 7.80. The molecule has 0 heterocycles. The summed E-state index contributed by atoms with van der Waals surface area (Å²) in [7, 11) is 0. The standard InChI is InChI=1S/C16H23F3N2S/c1-2-3-4-5-6-7-8-12-9-10-13(21-15(20)22)11-14(12)16(17,18)19/h9-11H,2-8H2,1H3,(H3,20,21,22). The van der Waals surface area contributed by atoms with Gasteiger partial charge in [-0.1, -0.05) is 45.1 Å². The summed E-state index contributed by atoms with van der Waals surface area (Å²) in [6, 6.07) is 4.17. The number of halogens is 3. The first-order valence-corrected chi connectivity index (χ1v) is 8.02. The molecule has 0 aromatic heterocycles. The number of nitrogens with one attached hydrogen (secondary N) is 1. The maximum Gasteiger partial charge on any atom is 0.416 e. The molecule has 3 N–H and O–H groups in total. The first-order chi connectivity index (χ1) is 10.3. The third-order valence-electron chi connectivity index (χ3n) is 3.48. The van der Waals surface area contributed by atoms with Crippen molar-refractivity contribution in [1.29, 1.82) is 0 Å². The fourth-order valence-corrected chi connectivity index (χ4v) is 2.49. The van der Waals surface area contributed by atoms with Gasteiger partial charge in [0.25, 0.3) is 0 Å². The summed E-state index contributed by atoms with van der Waals surface area (Å²) in [6.07, 6.45) is 2.39. The van der Waals surface area contributed by atoms with Crippen LogP contribution in [-0.4, -0.2) is 5.11 Å². The molecule has 22 heavy (non-hydrogen) atoms. The van der Waals surface area contributed by atoms with Gasteiger partial charge in [0.15, 0.2) is 5.11 Å². The van der Waals surface area contributed by atoms with Crippen molar-refractivity contribution in [2.45, 2.75) is 58.0 Å². The van der Waals surface area contributed by atoms with E-state index in [1.54, 1.807) is 6.07 Å². The Hall–Kier alpha value is -1.30. The highest BCUT2D eigenvalue weighted by Crippen LogP contribution is 2.34. The molecule has 0 fully saturated rings. The van der Waals surface area contributed by atoms with Crippen molar-refractivity contribution in [2.24, 2.45) is 5.73 Å². The van der Waals surface area contributed by atoms with E-state index in [0.717, 1.165) is 38.2 Å². The lowest BCUT2D eigenvalue weighted by molar-refractivity contribution is -0.138. The van der Waals surface area contributed by atoms with Crippen molar-refractivity contribution < 1.29 is 13.2 Å². The first-order valence-electron chi connectivity index (χ1n) is 7.61. The second kappa shape index (κ2) is 8.98. The second-order valence-electron chi connectivity index (χ2n) is 5.38.